The third kappa shape index (κ3) is 11.2. The number of primary sulfonamides is 1. The topological polar surface area (TPSA) is 257 Å². The summed E-state index contributed by atoms with van der Waals surface area (Å²) in [5, 5.41) is 13.0. The molecule has 0 bridgehead atoms. The Morgan fingerprint density at radius 2 is 1.45 bits per heavy atom. The van der Waals surface area contributed by atoms with Crippen molar-refractivity contribution in [3.05, 3.63) is 33.1 Å². The number of nitrogen functional groups attached to an aromatic ring is 2. The van der Waals surface area contributed by atoms with E-state index in [-0.39, 0.29) is 34.5 Å². The third-order valence-corrected chi connectivity index (χ3v) is 4.20. The number of anilines is 4. The number of hydrogen-bond donors (Lipinski definition) is 8. The second kappa shape index (κ2) is 12.1. The Morgan fingerprint density at radius 3 is 1.87 bits per heavy atom. The van der Waals surface area contributed by atoms with Crippen molar-refractivity contribution in [2.24, 2.45) is 5.14 Å². The molecule has 0 saturated heterocycles. The van der Waals surface area contributed by atoms with E-state index in [0.717, 1.165) is 0 Å². The normalized spacial score (nSPS) is 10.5. The molecule has 0 atom stereocenters. The number of H-pyrrole nitrogens is 2. The lowest BCUT2D eigenvalue weighted by atomic mass is 10.5. The first-order chi connectivity index (χ1) is 14.5. The molecule has 172 valence electrons. The van der Waals surface area contributed by atoms with Crippen LogP contribution in [-0.2, 0) is 14.8 Å². The van der Waals surface area contributed by atoms with Crippen LogP contribution in [-0.4, -0.2) is 59.6 Å². The van der Waals surface area contributed by atoms with Crippen molar-refractivity contribution in [2.45, 2.75) is 13.3 Å². The summed E-state index contributed by atoms with van der Waals surface area (Å²) >= 11 is 0. The van der Waals surface area contributed by atoms with Crippen molar-refractivity contribution >= 4 is 39.2 Å². The Labute approximate surface area is 177 Å². The Balaban J connectivity index is 0.000000311. The van der Waals surface area contributed by atoms with Gasteiger partial charge in [-0.15, -0.1) is 0 Å². The van der Waals surface area contributed by atoms with Crippen molar-refractivity contribution in [1.29, 1.82) is 0 Å². The van der Waals surface area contributed by atoms with Crippen LogP contribution in [0.15, 0.2) is 22.0 Å². The SMILES string of the molecule is CC(=O)NCCNc1ncc(N)c(=O)[nH]1.Nc1cnc(NCCCS(N)(=O)=O)[nH]c1=O. The number of carbonyl (C=O) groups is 1. The lowest BCUT2D eigenvalue weighted by molar-refractivity contribution is -0.118. The maximum Gasteiger partial charge on any atom is 0.275 e. The number of nitrogens with one attached hydrogen (secondary N) is 5. The van der Waals surface area contributed by atoms with Crippen LogP contribution in [0.25, 0.3) is 0 Å². The molecule has 2 rings (SSSR count). The number of hydrogen-bond acceptors (Lipinski definition) is 11. The fourth-order valence-electron chi connectivity index (χ4n) is 1.89. The lowest BCUT2D eigenvalue weighted by Crippen LogP contribution is -2.27. The van der Waals surface area contributed by atoms with Crippen molar-refractivity contribution in [3.8, 4) is 0 Å². The van der Waals surface area contributed by atoms with Crippen LogP contribution in [0.2, 0.25) is 0 Å². The molecule has 1 amide bonds. The zero-order valence-electron chi connectivity index (χ0n) is 16.8. The summed E-state index contributed by atoms with van der Waals surface area (Å²) in [6.07, 6.45) is 2.83. The average Bonchev–Trinajstić information content (AvgIpc) is 2.67. The maximum atomic E-state index is 11.1. The maximum absolute atomic E-state index is 11.1. The summed E-state index contributed by atoms with van der Waals surface area (Å²) in [5.41, 5.74) is 9.83. The summed E-state index contributed by atoms with van der Waals surface area (Å²) in [7, 11) is -3.45. The van der Waals surface area contributed by atoms with E-state index in [1.165, 1.54) is 19.3 Å². The molecule has 16 heteroatoms. The number of nitrogens with two attached hydrogens (primary N) is 3. The van der Waals surface area contributed by atoms with Crippen LogP contribution in [0, 0.1) is 0 Å². The van der Waals surface area contributed by atoms with Gasteiger partial charge in [-0.3, -0.25) is 24.4 Å². The molecule has 15 nitrogen and oxygen atoms in total. The largest absolute Gasteiger partial charge is 0.393 e. The highest BCUT2D eigenvalue weighted by atomic mass is 32.2. The van der Waals surface area contributed by atoms with Gasteiger partial charge in [-0.25, -0.2) is 23.5 Å². The zero-order chi connectivity index (χ0) is 23.4. The van der Waals surface area contributed by atoms with E-state index in [9.17, 15) is 22.8 Å². The molecular formula is C15H26N10O5S. The van der Waals surface area contributed by atoms with Gasteiger partial charge in [0.2, 0.25) is 27.8 Å². The Bertz CT molecular complexity index is 1080. The second-order valence-corrected chi connectivity index (χ2v) is 7.82. The second-order valence-electron chi connectivity index (χ2n) is 6.09. The Kier molecular flexibility index (Phi) is 9.93. The van der Waals surface area contributed by atoms with Gasteiger partial charge in [0.05, 0.1) is 18.1 Å². The van der Waals surface area contributed by atoms with E-state index in [1.807, 2.05) is 0 Å². The molecule has 0 unspecified atom stereocenters. The predicted octanol–water partition coefficient (Wildman–Crippen LogP) is -2.66. The van der Waals surface area contributed by atoms with Crippen molar-refractivity contribution in [3.63, 3.8) is 0 Å². The van der Waals surface area contributed by atoms with Gasteiger partial charge in [0, 0.05) is 26.6 Å². The van der Waals surface area contributed by atoms with Crippen LogP contribution >= 0.6 is 0 Å². The van der Waals surface area contributed by atoms with Gasteiger partial charge >= 0.3 is 0 Å². The highest BCUT2D eigenvalue weighted by Crippen LogP contribution is 1.96. The lowest BCUT2D eigenvalue weighted by Gasteiger charge is -2.05. The standard InChI is InChI=1S/C8H13N5O2.C7H13N5O3S/c1-5(14)10-2-3-11-8-12-4-6(9)7(15)13-8;8-5-4-11-7(12-6(5)13)10-2-1-3-16(9,14)15/h4H,2-3,9H2,1H3,(H,10,14)(H2,11,12,13,15);4H,1-3,8H2,(H2,9,14,15)(H2,10,11,12,13). The molecule has 0 aliphatic carbocycles. The van der Waals surface area contributed by atoms with E-state index in [1.54, 1.807) is 0 Å². The molecule has 2 heterocycles. The van der Waals surface area contributed by atoms with Gasteiger partial charge in [-0.05, 0) is 6.42 Å². The predicted molar refractivity (Wildman–Crippen MR) is 117 cm³/mol. The van der Waals surface area contributed by atoms with Gasteiger partial charge < -0.3 is 27.4 Å². The number of nitrogens with zero attached hydrogens (tertiary/aromatic N) is 2. The number of rotatable bonds is 9. The highest BCUT2D eigenvalue weighted by molar-refractivity contribution is 7.89. The molecule has 0 aromatic carbocycles. The number of aromatic amines is 2. The van der Waals surface area contributed by atoms with Gasteiger partial charge in [0.1, 0.15) is 11.4 Å². The molecule has 2 aromatic heterocycles. The van der Waals surface area contributed by atoms with Gasteiger partial charge in [0.25, 0.3) is 11.1 Å². The van der Waals surface area contributed by atoms with E-state index >= 15 is 0 Å². The fourth-order valence-corrected chi connectivity index (χ4v) is 2.44. The Hall–Kier alpha value is -3.66. The smallest absolute Gasteiger partial charge is 0.275 e. The van der Waals surface area contributed by atoms with Gasteiger partial charge in [-0.1, -0.05) is 0 Å². The first kappa shape index (κ1) is 25.4. The summed E-state index contributed by atoms with van der Waals surface area (Å²) in [6.45, 7) is 2.71. The monoisotopic (exact) mass is 458 g/mol. The summed E-state index contributed by atoms with van der Waals surface area (Å²) < 4.78 is 21.2. The number of carbonyl (C=O) groups excluding carboxylic acids is 1. The Morgan fingerprint density at radius 1 is 0.968 bits per heavy atom. The van der Waals surface area contributed by atoms with Crippen LogP contribution < -0.4 is 43.7 Å². The molecule has 0 aliphatic heterocycles. The zero-order valence-corrected chi connectivity index (χ0v) is 17.6. The average molecular weight is 459 g/mol. The van der Waals surface area contributed by atoms with Crippen LogP contribution in [0.3, 0.4) is 0 Å². The minimum Gasteiger partial charge on any atom is -0.393 e. The number of sulfonamides is 1. The van der Waals surface area contributed by atoms with E-state index < -0.39 is 15.6 Å². The van der Waals surface area contributed by atoms with Crippen LogP contribution in [0.1, 0.15) is 13.3 Å². The fraction of sp³-hybridized carbons (Fsp3) is 0.400. The molecule has 2 aromatic rings. The number of amides is 1. The first-order valence-electron chi connectivity index (χ1n) is 8.90. The summed E-state index contributed by atoms with van der Waals surface area (Å²) in [4.78, 5) is 45.1. The third-order valence-electron chi connectivity index (χ3n) is 3.34. The molecule has 0 radical (unpaired) electrons. The summed E-state index contributed by atoms with van der Waals surface area (Å²) in [6, 6.07) is 0. The molecule has 0 fully saturated rings. The molecule has 31 heavy (non-hydrogen) atoms. The molecule has 0 aliphatic rings. The van der Waals surface area contributed by atoms with E-state index in [2.05, 4.69) is 35.9 Å². The molecule has 0 saturated carbocycles. The van der Waals surface area contributed by atoms with Gasteiger partial charge in [0.15, 0.2) is 0 Å². The quantitative estimate of drug-likeness (QED) is 0.180. The van der Waals surface area contributed by atoms with Crippen LogP contribution in [0.5, 0.6) is 0 Å². The van der Waals surface area contributed by atoms with Crippen LogP contribution in [0.4, 0.5) is 23.3 Å². The molecule has 11 N–H and O–H groups in total. The molecule has 0 spiro atoms. The number of aromatic nitrogens is 4. The van der Waals surface area contributed by atoms with Gasteiger partial charge in [-0.2, -0.15) is 0 Å². The summed E-state index contributed by atoms with van der Waals surface area (Å²) in [5.74, 6) is 0.350. The molecular weight excluding hydrogens is 432 g/mol. The van der Waals surface area contributed by atoms with Crippen molar-refractivity contribution < 1.29 is 13.2 Å². The minimum atomic E-state index is -3.45. The highest BCUT2D eigenvalue weighted by Gasteiger charge is 2.02. The van der Waals surface area contributed by atoms with Crippen molar-refractivity contribution in [2.75, 3.05) is 47.5 Å². The van der Waals surface area contributed by atoms with E-state index in [4.69, 9.17) is 16.6 Å². The first-order valence-corrected chi connectivity index (χ1v) is 10.6. The minimum absolute atomic E-state index is 0.0232. The van der Waals surface area contributed by atoms with E-state index in [0.29, 0.717) is 32.0 Å². The van der Waals surface area contributed by atoms with Crippen molar-refractivity contribution in [1.82, 2.24) is 25.3 Å².